The Bertz CT molecular complexity index is 315. The molecule has 1 nitrogen and oxygen atoms in total. The second-order valence-electron chi connectivity index (χ2n) is 2.45. The summed E-state index contributed by atoms with van der Waals surface area (Å²) in [5.74, 6) is 5.81. The first-order chi connectivity index (χ1) is 5.24. The van der Waals surface area contributed by atoms with Crippen molar-refractivity contribution < 1.29 is 0 Å². The summed E-state index contributed by atoms with van der Waals surface area (Å²) in [5, 5.41) is 0. The Balaban J connectivity index is 3.12. The molecule has 0 saturated carbocycles. The third-order valence-electron chi connectivity index (χ3n) is 1.54. The molecule has 0 aromatic heterocycles. The van der Waals surface area contributed by atoms with Gasteiger partial charge in [-0.3, -0.25) is 0 Å². The Morgan fingerprint density at radius 2 is 2.09 bits per heavy atom. The molecule has 0 saturated heterocycles. The molecular weight excluding hydrogens is 134 g/mol. The third-order valence-corrected chi connectivity index (χ3v) is 1.54. The molecule has 56 valence electrons. The van der Waals surface area contributed by atoms with Crippen LogP contribution in [0.3, 0.4) is 0 Å². The highest BCUT2D eigenvalue weighted by atomic mass is 14.5. The third kappa shape index (κ3) is 1.75. The van der Waals surface area contributed by atoms with Crippen molar-refractivity contribution in [2.75, 3.05) is 5.73 Å². The molecule has 0 heterocycles. The zero-order valence-corrected chi connectivity index (χ0v) is 6.81. The number of hydrogen-bond acceptors (Lipinski definition) is 1. The van der Waals surface area contributed by atoms with E-state index in [0.29, 0.717) is 0 Å². The Morgan fingerprint density at radius 3 is 2.64 bits per heavy atom. The predicted molar refractivity (Wildman–Crippen MR) is 48.1 cm³/mol. The van der Waals surface area contributed by atoms with Crippen LogP contribution in [-0.2, 0) is 0 Å². The first-order valence-electron chi connectivity index (χ1n) is 3.53. The molecule has 0 aliphatic heterocycles. The summed E-state index contributed by atoms with van der Waals surface area (Å²) in [6.45, 7) is 3.81. The number of nitrogens with two attached hydrogens (primary N) is 1. The van der Waals surface area contributed by atoms with Gasteiger partial charge >= 0.3 is 0 Å². The van der Waals surface area contributed by atoms with Crippen LogP contribution >= 0.6 is 0 Å². The molecule has 0 aliphatic rings. The van der Waals surface area contributed by atoms with Gasteiger partial charge in [0.05, 0.1) is 0 Å². The van der Waals surface area contributed by atoms with E-state index in [0.717, 1.165) is 16.8 Å². The van der Waals surface area contributed by atoms with Crippen molar-refractivity contribution in [1.82, 2.24) is 0 Å². The lowest BCUT2D eigenvalue weighted by Gasteiger charge is -1.98. The molecule has 0 aliphatic carbocycles. The van der Waals surface area contributed by atoms with Crippen molar-refractivity contribution in [3.05, 3.63) is 29.3 Å². The van der Waals surface area contributed by atoms with Crippen molar-refractivity contribution in [1.29, 1.82) is 0 Å². The molecule has 0 unspecified atom stereocenters. The fourth-order valence-corrected chi connectivity index (χ4v) is 0.898. The Kier molecular flexibility index (Phi) is 2.18. The van der Waals surface area contributed by atoms with E-state index in [9.17, 15) is 0 Å². The summed E-state index contributed by atoms with van der Waals surface area (Å²) in [6, 6.07) is 5.81. The Hall–Kier alpha value is -1.42. The highest BCUT2D eigenvalue weighted by Gasteiger charge is 1.92. The molecule has 0 spiro atoms. The first kappa shape index (κ1) is 7.68. The molecule has 0 fully saturated rings. The lowest BCUT2D eigenvalue weighted by atomic mass is 10.1. The summed E-state index contributed by atoms with van der Waals surface area (Å²) >= 11 is 0. The maximum atomic E-state index is 5.64. The van der Waals surface area contributed by atoms with Crippen LogP contribution < -0.4 is 5.73 Å². The van der Waals surface area contributed by atoms with Gasteiger partial charge in [0.15, 0.2) is 0 Å². The number of nitrogen functional groups attached to an aromatic ring is 1. The van der Waals surface area contributed by atoms with Crippen molar-refractivity contribution in [3.8, 4) is 11.8 Å². The number of anilines is 1. The first-order valence-corrected chi connectivity index (χ1v) is 3.53. The Morgan fingerprint density at radius 1 is 1.36 bits per heavy atom. The van der Waals surface area contributed by atoms with E-state index >= 15 is 0 Å². The van der Waals surface area contributed by atoms with Gasteiger partial charge in [0.1, 0.15) is 0 Å². The molecule has 1 aromatic rings. The topological polar surface area (TPSA) is 26.0 Å². The monoisotopic (exact) mass is 145 g/mol. The zero-order chi connectivity index (χ0) is 8.27. The van der Waals surface area contributed by atoms with Crippen molar-refractivity contribution in [2.45, 2.75) is 13.8 Å². The molecule has 0 radical (unpaired) electrons. The fourth-order valence-electron chi connectivity index (χ4n) is 0.898. The van der Waals surface area contributed by atoms with E-state index in [1.54, 1.807) is 0 Å². The molecule has 0 amide bonds. The standard InChI is InChI=1S/C10H11N/c1-3-4-9-5-6-10(11)8(2)7-9/h5-7H,11H2,1-2H3. The van der Waals surface area contributed by atoms with Crippen molar-refractivity contribution in [2.24, 2.45) is 0 Å². The van der Waals surface area contributed by atoms with Gasteiger partial charge in [0, 0.05) is 11.3 Å². The molecule has 0 atom stereocenters. The van der Waals surface area contributed by atoms with Gasteiger partial charge in [-0.2, -0.15) is 0 Å². The maximum absolute atomic E-state index is 5.64. The van der Waals surface area contributed by atoms with Crippen LogP contribution in [0.2, 0.25) is 0 Å². The highest BCUT2D eigenvalue weighted by molar-refractivity contribution is 5.51. The molecule has 11 heavy (non-hydrogen) atoms. The van der Waals surface area contributed by atoms with Crippen molar-refractivity contribution >= 4 is 5.69 Å². The summed E-state index contributed by atoms with van der Waals surface area (Å²) in [6.07, 6.45) is 0. The van der Waals surface area contributed by atoms with E-state index < -0.39 is 0 Å². The minimum Gasteiger partial charge on any atom is -0.399 e. The van der Waals surface area contributed by atoms with Crippen molar-refractivity contribution in [3.63, 3.8) is 0 Å². The van der Waals surface area contributed by atoms with Crippen LogP contribution in [0.4, 0.5) is 5.69 Å². The van der Waals surface area contributed by atoms with Gasteiger partial charge in [-0.1, -0.05) is 5.92 Å². The molecule has 1 heteroatoms. The van der Waals surface area contributed by atoms with Gasteiger partial charge in [-0.05, 0) is 37.6 Å². The van der Waals surface area contributed by atoms with E-state index in [-0.39, 0.29) is 0 Å². The van der Waals surface area contributed by atoms with Gasteiger partial charge in [-0.25, -0.2) is 0 Å². The zero-order valence-electron chi connectivity index (χ0n) is 6.81. The van der Waals surface area contributed by atoms with Crippen LogP contribution in [0.1, 0.15) is 18.1 Å². The van der Waals surface area contributed by atoms with Gasteiger partial charge < -0.3 is 5.73 Å². The molecule has 2 N–H and O–H groups in total. The van der Waals surface area contributed by atoms with Gasteiger partial charge in [0.2, 0.25) is 0 Å². The second kappa shape index (κ2) is 3.12. The van der Waals surface area contributed by atoms with Crippen LogP contribution in [-0.4, -0.2) is 0 Å². The van der Waals surface area contributed by atoms with Crippen LogP contribution in [0.5, 0.6) is 0 Å². The van der Waals surface area contributed by atoms with Gasteiger partial charge in [0.25, 0.3) is 0 Å². The maximum Gasteiger partial charge on any atom is 0.0344 e. The average molecular weight is 145 g/mol. The van der Waals surface area contributed by atoms with Crippen LogP contribution in [0, 0.1) is 18.8 Å². The molecule has 1 rings (SSSR count). The molecule has 0 bridgehead atoms. The minimum atomic E-state index is 0.826. The highest BCUT2D eigenvalue weighted by Crippen LogP contribution is 2.11. The number of hydrogen-bond donors (Lipinski definition) is 1. The largest absolute Gasteiger partial charge is 0.399 e. The Labute approximate surface area is 67.2 Å². The van der Waals surface area contributed by atoms with E-state index in [1.807, 2.05) is 32.0 Å². The SMILES string of the molecule is CC#Cc1ccc(N)c(C)c1. The summed E-state index contributed by atoms with van der Waals surface area (Å²) in [7, 11) is 0. The number of benzene rings is 1. The fraction of sp³-hybridized carbons (Fsp3) is 0.200. The predicted octanol–water partition coefficient (Wildman–Crippen LogP) is 1.95. The lowest BCUT2D eigenvalue weighted by molar-refractivity contribution is 1.45. The molecular formula is C10H11N. The number of rotatable bonds is 0. The summed E-state index contributed by atoms with van der Waals surface area (Å²) < 4.78 is 0. The quantitative estimate of drug-likeness (QED) is 0.438. The lowest BCUT2D eigenvalue weighted by Crippen LogP contribution is -1.89. The molecule has 1 aromatic carbocycles. The van der Waals surface area contributed by atoms with E-state index in [2.05, 4.69) is 11.8 Å². The van der Waals surface area contributed by atoms with Crippen LogP contribution in [0.25, 0.3) is 0 Å². The van der Waals surface area contributed by atoms with E-state index in [4.69, 9.17) is 5.73 Å². The van der Waals surface area contributed by atoms with E-state index in [1.165, 1.54) is 0 Å². The minimum absolute atomic E-state index is 0.826. The summed E-state index contributed by atoms with van der Waals surface area (Å²) in [4.78, 5) is 0. The smallest absolute Gasteiger partial charge is 0.0344 e. The summed E-state index contributed by atoms with van der Waals surface area (Å²) in [5.41, 5.74) is 8.58. The number of aryl methyl sites for hydroxylation is 1. The normalized spacial score (nSPS) is 8.55. The average Bonchev–Trinajstić information content (AvgIpc) is 1.98. The van der Waals surface area contributed by atoms with Gasteiger partial charge in [-0.15, -0.1) is 5.92 Å². The van der Waals surface area contributed by atoms with Crippen LogP contribution in [0.15, 0.2) is 18.2 Å². The second-order valence-corrected chi connectivity index (χ2v) is 2.45.